The number of rotatable bonds is 4. The van der Waals surface area contributed by atoms with Crippen LogP contribution < -0.4 is 11.1 Å². The molecule has 0 fully saturated rings. The highest BCUT2D eigenvalue weighted by atomic mass is 16.3. The van der Waals surface area contributed by atoms with Gasteiger partial charge in [-0.2, -0.15) is 0 Å². The third-order valence-electron chi connectivity index (χ3n) is 3.99. The van der Waals surface area contributed by atoms with Gasteiger partial charge in [-0.05, 0) is 28.7 Å². The number of benzene rings is 2. The highest BCUT2D eigenvalue weighted by Crippen LogP contribution is 2.37. The number of fused-ring (bicyclic) bond motifs is 1. The number of hydrogen-bond donors (Lipinski definition) is 3. The molecule has 0 aliphatic heterocycles. The normalized spacial score (nSPS) is 20.9. The lowest BCUT2D eigenvalue weighted by Gasteiger charge is -2.14. The molecule has 0 amide bonds. The van der Waals surface area contributed by atoms with Crippen LogP contribution in [0.15, 0.2) is 48.5 Å². The van der Waals surface area contributed by atoms with Crippen LogP contribution in [0.5, 0.6) is 0 Å². The molecule has 1 aliphatic rings. The molecule has 0 saturated heterocycles. The first-order valence-corrected chi connectivity index (χ1v) is 7.04. The minimum Gasteiger partial charge on any atom is -0.392 e. The average Bonchev–Trinajstić information content (AvgIpc) is 2.82. The van der Waals surface area contributed by atoms with Crippen molar-refractivity contribution in [1.82, 2.24) is 5.32 Å². The van der Waals surface area contributed by atoms with Gasteiger partial charge in [0.25, 0.3) is 0 Å². The number of aliphatic hydroxyl groups is 1. The van der Waals surface area contributed by atoms with E-state index in [1.807, 2.05) is 24.3 Å². The smallest absolute Gasteiger partial charge is 0.0681 e. The second-order valence-corrected chi connectivity index (χ2v) is 5.38. The molecular formula is C17H20N2O. The van der Waals surface area contributed by atoms with Gasteiger partial charge in [-0.1, -0.05) is 48.5 Å². The summed E-state index contributed by atoms with van der Waals surface area (Å²) in [6.45, 7) is 0.880. The minimum atomic E-state index is 0.0883. The van der Waals surface area contributed by atoms with Gasteiger partial charge >= 0.3 is 0 Å². The molecule has 2 unspecified atom stereocenters. The predicted molar refractivity (Wildman–Crippen MR) is 79.9 cm³/mol. The molecule has 3 nitrogen and oxygen atoms in total. The van der Waals surface area contributed by atoms with E-state index >= 15 is 0 Å². The molecule has 2 aromatic carbocycles. The third-order valence-corrected chi connectivity index (χ3v) is 3.99. The SMILES string of the molecule is NC1CC(NCc2cccc(CO)c2)c2ccccc21. The third kappa shape index (κ3) is 2.61. The Balaban J connectivity index is 1.70. The first-order chi connectivity index (χ1) is 9.78. The minimum absolute atomic E-state index is 0.0883. The maximum absolute atomic E-state index is 9.17. The van der Waals surface area contributed by atoms with Crippen LogP contribution in [-0.2, 0) is 13.2 Å². The lowest BCUT2D eigenvalue weighted by atomic mass is 10.1. The van der Waals surface area contributed by atoms with Gasteiger partial charge in [0.15, 0.2) is 0 Å². The van der Waals surface area contributed by atoms with Crippen molar-refractivity contribution in [3.05, 3.63) is 70.8 Å². The summed E-state index contributed by atoms with van der Waals surface area (Å²) in [5, 5.41) is 12.7. The van der Waals surface area contributed by atoms with Gasteiger partial charge in [-0.15, -0.1) is 0 Å². The summed E-state index contributed by atoms with van der Waals surface area (Å²) in [5.74, 6) is 0. The molecule has 0 saturated carbocycles. The molecule has 4 N–H and O–H groups in total. The maximum Gasteiger partial charge on any atom is 0.0681 e. The van der Waals surface area contributed by atoms with Crippen molar-refractivity contribution < 1.29 is 5.11 Å². The number of aliphatic hydroxyl groups excluding tert-OH is 1. The van der Waals surface area contributed by atoms with E-state index in [0.717, 1.165) is 18.5 Å². The van der Waals surface area contributed by atoms with Crippen LogP contribution in [-0.4, -0.2) is 5.11 Å². The van der Waals surface area contributed by atoms with Crippen LogP contribution in [0.2, 0.25) is 0 Å². The summed E-state index contributed by atoms with van der Waals surface area (Å²) >= 11 is 0. The molecule has 3 rings (SSSR count). The highest BCUT2D eigenvalue weighted by Gasteiger charge is 2.27. The Morgan fingerprint density at radius 2 is 1.80 bits per heavy atom. The summed E-state index contributed by atoms with van der Waals surface area (Å²) in [4.78, 5) is 0. The molecule has 0 bridgehead atoms. The van der Waals surface area contributed by atoms with Gasteiger partial charge in [-0.3, -0.25) is 0 Å². The van der Waals surface area contributed by atoms with Gasteiger partial charge in [0.05, 0.1) is 6.61 Å². The second-order valence-electron chi connectivity index (χ2n) is 5.38. The Morgan fingerprint density at radius 3 is 2.60 bits per heavy atom. The molecule has 0 radical (unpaired) electrons. The summed E-state index contributed by atoms with van der Waals surface area (Å²) in [5.41, 5.74) is 10.9. The molecule has 20 heavy (non-hydrogen) atoms. The largest absolute Gasteiger partial charge is 0.392 e. The average molecular weight is 268 g/mol. The molecule has 0 spiro atoms. The van der Waals surface area contributed by atoms with Crippen molar-refractivity contribution in [2.45, 2.75) is 31.7 Å². The summed E-state index contributed by atoms with van der Waals surface area (Å²) in [6, 6.07) is 16.9. The van der Waals surface area contributed by atoms with Crippen molar-refractivity contribution in [3.8, 4) is 0 Å². The number of hydrogen-bond acceptors (Lipinski definition) is 3. The fourth-order valence-electron chi connectivity index (χ4n) is 2.95. The Bertz CT molecular complexity index is 597. The van der Waals surface area contributed by atoms with Crippen LogP contribution in [0, 0.1) is 0 Å². The van der Waals surface area contributed by atoms with Crippen LogP contribution in [0.1, 0.15) is 40.8 Å². The molecule has 3 heteroatoms. The highest BCUT2D eigenvalue weighted by molar-refractivity contribution is 5.37. The van der Waals surface area contributed by atoms with Crippen LogP contribution in [0.3, 0.4) is 0 Å². The Hall–Kier alpha value is -1.68. The zero-order valence-corrected chi connectivity index (χ0v) is 11.4. The van der Waals surface area contributed by atoms with Gasteiger partial charge in [0, 0.05) is 18.6 Å². The van der Waals surface area contributed by atoms with Crippen LogP contribution in [0.25, 0.3) is 0 Å². The summed E-state index contributed by atoms with van der Waals surface area (Å²) in [7, 11) is 0. The molecule has 2 atom stereocenters. The zero-order valence-electron chi connectivity index (χ0n) is 11.4. The molecule has 1 aliphatic carbocycles. The fraction of sp³-hybridized carbons (Fsp3) is 0.294. The quantitative estimate of drug-likeness (QED) is 0.798. The van der Waals surface area contributed by atoms with E-state index in [2.05, 4.69) is 29.6 Å². The second kappa shape index (κ2) is 5.75. The summed E-state index contributed by atoms with van der Waals surface area (Å²) < 4.78 is 0. The maximum atomic E-state index is 9.17. The van der Waals surface area contributed by atoms with Crippen molar-refractivity contribution in [3.63, 3.8) is 0 Å². The number of nitrogens with one attached hydrogen (secondary N) is 1. The van der Waals surface area contributed by atoms with E-state index in [1.54, 1.807) is 0 Å². The Labute approximate surface area is 119 Å². The van der Waals surface area contributed by atoms with E-state index in [1.165, 1.54) is 16.7 Å². The van der Waals surface area contributed by atoms with E-state index in [-0.39, 0.29) is 12.6 Å². The van der Waals surface area contributed by atoms with Crippen LogP contribution in [0.4, 0.5) is 0 Å². The van der Waals surface area contributed by atoms with E-state index in [9.17, 15) is 0 Å². The monoisotopic (exact) mass is 268 g/mol. The van der Waals surface area contributed by atoms with Crippen molar-refractivity contribution in [2.75, 3.05) is 0 Å². The lowest BCUT2D eigenvalue weighted by molar-refractivity contribution is 0.281. The topological polar surface area (TPSA) is 58.3 Å². The van der Waals surface area contributed by atoms with E-state index in [4.69, 9.17) is 10.8 Å². The Morgan fingerprint density at radius 1 is 1.05 bits per heavy atom. The van der Waals surface area contributed by atoms with Gasteiger partial charge in [0.2, 0.25) is 0 Å². The van der Waals surface area contributed by atoms with Crippen molar-refractivity contribution in [2.24, 2.45) is 5.73 Å². The first-order valence-electron chi connectivity index (χ1n) is 7.04. The molecule has 104 valence electrons. The van der Waals surface area contributed by atoms with Crippen molar-refractivity contribution in [1.29, 1.82) is 0 Å². The first kappa shape index (κ1) is 13.3. The van der Waals surface area contributed by atoms with Crippen LogP contribution >= 0.6 is 0 Å². The van der Waals surface area contributed by atoms with Gasteiger partial charge in [-0.25, -0.2) is 0 Å². The number of nitrogens with two attached hydrogens (primary N) is 1. The van der Waals surface area contributed by atoms with E-state index in [0.29, 0.717) is 6.04 Å². The standard InChI is InChI=1S/C17H20N2O/c18-16-9-17(15-7-2-1-6-14(15)16)19-10-12-4-3-5-13(8-12)11-20/h1-8,16-17,19-20H,9-11,18H2. The lowest BCUT2D eigenvalue weighted by Crippen LogP contribution is -2.19. The molecule has 0 aromatic heterocycles. The zero-order chi connectivity index (χ0) is 13.9. The molecular weight excluding hydrogens is 248 g/mol. The Kier molecular flexibility index (Phi) is 3.83. The molecule has 2 aromatic rings. The van der Waals surface area contributed by atoms with E-state index < -0.39 is 0 Å². The fourth-order valence-corrected chi connectivity index (χ4v) is 2.95. The van der Waals surface area contributed by atoms with Gasteiger partial charge < -0.3 is 16.2 Å². The summed E-state index contributed by atoms with van der Waals surface area (Å²) in [6.07, 6.45) is 0.943. The van der Waals surface area contributed by atoms with Crippen molar-refractivity contribution >= 4 is 0 Å². The predicted octanol–water partition coefficient (Wildman–Crippen LogP) is 2.41. The molecule has 0 heterocycles. The van der Waals surface area contributed by atoms with Gasteiger partial charge in [0.1, 0.15) is 0 Å².